The van der Waals surface area contributed by atoms with Gasteiger partial charge >= 0.3 is 0 Å². The number of hydrogen-bond donors (Lipinski definition) is 1. The molecule has 1 heterocycles. The zero-order valence-electron chi connectivity index (χ0n) is 12.8. The van der Waals surface area contributed by atoms with Gasteiger partial charge in [0, 0.05) is 19.0 Å². The molecule has 0 radical (unpaired) electrons. The van der Waals surface area contributed by atoms with Gasteiger partial charge in [0.25, 0.3) is 0 Å². The van der Waals surface area contributed by atoms with Crippen molar-refractivity contribution in [1.82, 2.24) is 4.90 Å². The third-order valence-corrected chi connectivity index (χ3v) is 5.53. The lowest BCUT2D eigenvalue weighted by Gasteiger charge is -2.43. The highest BCUT2D eigenvalue weighted by Gasteiger charge is 2.40. The summed E-state index contributed by atoms with van der Waals surface area (Å²) in [5.41, 5.74) is 6.03. The van der Waals surface area contributed by atoms with Crippen LogP contribution in [0.5, 0.6) is 0 Å². The van der Waals surface area contributed by atoms with E-state index < -0.39 is 0 Å². The molecule has 1 saturated carbocycles. The monoisotopic (exact) mass is 266 g/mol. The van der Waals surface area contributed by atoms with Crippen LogP contribution in [0.25, 0.3) is 0 Å². The molecular formula is C16H30N2O. The van der Waals surface area contributed by atoms with E-state index in [4.69, 9.17) is 5.73 Å². The van der Waals surface area contributed by atoms with Crippen molar-refractivity contribution in [3.8, 4) is 0 Å². The van der Waals surface area contributed by atoms with Gasteiger partial charge in [-0.05, 0) is 43.1 Å². The summed E-state index contributed by atoms with van der Waals surface area (Å²) in [6, 6.07) is 0. The summed E-state index contributed by atoms with van der Waals surface area (Å²) in [5, 5.41) is 0. The fourth-order valence-electron chi connectivity index (χ4n) is 3.83. The Morgan fingerprint density at radius 1 is 1.32 bits per heavy atom. The first kappa shape index (κ1) is 14.8. The molecule has 0 aromatic heterocycles. The van der Waals surface area contributed by atoms with Gasteiger partial charge in [-0.15, -0.1) is 0 Å². The summed E-state index contributed by atoms with van der Waals surface area (Å²) in [6.45, 7) is 9.32. The molecule has 0 aromatic rings. The maximum absolute atomic E-state index is 12.8. The highest BCUT2D eigenvalue weighted by Crippen LogP contribution is 2.42. The van der Waals surface area contributed by atoms with Crippen molar-refractivity contribution < 1.29 is 4.79 Å². The fraction of sp³-hybridized carbons (Fsp3) is 0.938. The van der Waals surface area contributed by atoms with E-state index in [2.05, 4.69) is 25.7 Å². The lowest BCUT2D eigenvalue weighted by Crippen LogP contribution is -2.50. The van der Waals surface area contributed by atoms with E-state index in [9.17, 15) is 4.79 Å². The van der Waals surface area contributed by atoms with Crippen molar-refractivity contribution in [3.63, 3.8) is 0 Å². The first-order valence-electron chi connectivity index (χ1n) is 7.94. The summed E-state index contributed by atoms with van der Waals surface area (Å²) in [5.74, 6) is 1.78. The Balaban J connectivity index is 2.03. The lowest BCUT2D eigenvalue weighted by molar-refractivity contribution is -0.143. The van der Waals surface area contributed by atoms with Crippen molar-refractivity contribution in [3.05, 3.63) is 0 Å². The van der Waals surface area contributed by atoms with E-state index >= 15 is 0 Å². The number of piperidine rings is 1. The molecule has 1 saturated heterocycles. The molecule has 0 aromatic carbocycles. The highest BCUT2D eigenvalue weighted by atomic mass is 16.2. The molecular weight excluding hydrogens is 236 g/mol. The number of carbonyl (C=O) groups is 1. The Bertz CT molecular complexity index is 327. The Hall–Kier alpha value is -0.570. The van der Waals surface area contributed by atoms with Crippen LogP contribution in [-0.2, 0) is 4.79 Å². The molecule has 1 amide bonds. The molecule has 1 aliphatic carbocycles. The average Bonchev–Trinajstić information content (AvgIpc) is 2.38. The quantitative estimate of drug-likeness (QED) is 0.835. The van der Waals surface area contributed by atoms with Gasteiger partial charge in [-0.25, -0.2) is 0 Å². The largest absolute Gasteiger partial charge is 0.342 e. The molecule has 3 nitrogen and oxygen atoms in total. The number of carbonyl (C=O) groups excluding carboxylic acids is 1. The standard InChI is InChI=1S/C16H30N2O/c1-12-7-9-18(11-13(12)10-17)15(19)14-6-4-5-8-16(14,2)3/h12-14H,4-11,17H2,1-3H3. The lowest BCUT2D eigenvalue weighted by atomic mass is 9.68. The van der Waals surface area contributed by atoms with E-state index in [0.29, 0.717) is 24.3 Å². The first-order valence-corrected chi connectivity index (χ1v) is 7.94. The molecule has 2 fully saturated rings. The Kier molecular flexibility index (Phi) is 4.54. The van der Waals surface area contributed by atoms with Gasteiger partial charge in [0.1, 0.15) is 0 Å². The summed E-state index contributed by atoms with van der Waals surface area (Å²) in [6.07, 6.45) is 5.86. The van der Waals surface area contributed by atoms with Crippen LogP contribution in [0.4, 0.5) is 0 Å². The van der Waals surface area contributed by atoms with Crippen LogP contribution in [0.3, 0.4) is 0 Å². The molecule has 3 atom stereocenters. The summed E-state index contributed by atoms with van der Waals surface area (Å²) < 4.78 is 0. The minimum Gasteiger partial charge on any atom is -0.342 e. The number of likely N-dealkylation sites (tertiary alicyclic amines) is 1. The molecule has 3 unspecified atom stereocenters. The summed E-state index contributed by atoms with van der Waals surface area (Å²) >= 11 is 0. The van der Waals surface area contributed by atoms with Crippen LogP contribution in [0.15, 0.2) is 0 Å². The summed E-state index contributed by atoms with van der Waals surface area (Å²) in [7, 11) is 0. The van der Waals surface area contributed by atoms with E-state index in [1.54, 1.807) is 0 Å². The third-order valence-electron chi connectivity index (χ3n) is 5.53. The molecule has 2 aliphatic rings. The van der Waals surface area contributed by atoms with E-state index in [0.717, 1.165) is 25.9 Å². The second-order valence-electron chi connectivity index (χ2n) is 7.33. The molecule has 2 N–H and O–H groups in total. The number of nitrogens with two attached hydrogens (primary N) is 1. The molecule has 1 aliphatic heterocycles. The van der Waals surface area contributed by atoms with Gasteiger partial charge in [-0.3, -0.25) is 4.79 Å². The summed E-state index contributed by atoms with van der Waals surface area (Å²) in [4.78, 5) is 14.9. The van der Waals surface area contributed by atoms with Crippen LogP contribution in [-0.4, -0.2) is 30.4 Å². The molecule has 19 heavy (non-hydrogen) atoms. The Labute approximate surface area is 117 Å². The second-order valence-corrected chi connectivity index (χ2v) is 7.33. The first-order chi connectivity index (χ1) is 8.95. The van der Waals surface area contributed by atoms with Gasteiger partial charge in [0.15, 0.2) is 0 Å². The van der Waals surface area contributed by atoms with Crippen molar-refractivity contribution >= 4 is 5.91 Å². The SMILES string of the molecule is CC1CCN(C(=O)C2CCCCC2(C)C)CC1CN. The molecule has 110 valence electrons. The van der Waals surface area contributed by atoms with Crippen LogP contribution >= 0.6 is 0 Å². The molecule has 2 rings (SSSR count). The van der Waals surface area contributed by atoms with Crippen LogP contribution in [0, 0.1) is 23.2 Å². The number of amides is 1. The van der Waals surface area contributed by atoms with Crippen LogP contribution in [0.1, 0.15) is 52.9 Å². The molecule has 0 bridgehead atoms. The maximum Gasteiger partial charge on any atom is 0.226 e. The van der Waals surface area contributed by atoms with Crippen molar-refractivity contribution in [1.29, 1.82) is 0 Å². The minimum absolute atomic E-state index is 0.177. The minimum atomic E-state index is 0.177. The predicted octanol–water partition coefficient (Wildman–Crippen LogP) is 2.65. The smallest absolute Gasteiger partial charge is 0.226 e. The van der Waals surface area contributed by atoms with Gasteiger partial charge in [0.05, 0.1) is 0 Å². The normalized spacial score (nSPS) is 35.2. The van der Waals surface area contributed by atoms with E-state index in [1.165, 1.54) is 19.3 Å². The number of hydrogen-bond acceptors (Lipinski definition) is 2. The molecule has 0 spiro atoms. The number of nitrogens with zero attached hydrogens (tertiary/aromatic N) is 1. The van der Waals surface area contributed by atoms with Crippen LogP contribution in [0.2, 0.25) is 0 Å². The van der Waals surface area contributed by atoms with Crippen LogP contribution < -0.4 is 5.73 Å². The topological polar surface area (TPSA) is 46.3 Å². The Morgan fingerprint density at radius 3 is 2.68 bits per heavy atom. The average molecular weight is 266 g/mol. The van der Waals surface area contributed by atoms with Gasteiger partial charge in [-0.2, -0.15) is 0 Å². The fourth-order valence-corrected chi connectivity index (χ4v) is 3.83. The van der Waals surface area contributed by atoms with Crippen molar-refractivity contribution in [2.45, 2.75) is 52.9 Å². The highest BCUT2D eigenvalue weighted by molar-refractivity contribution is 5.79. The van der Waals surface area contributed by atoms with E-state index in [1.807, 2.05) is 0 Å². The van der Waals surface area contributed by atoms with Crippen molar-refractivity contribution in [2.24, 2.45) is 28.9 Å². The zero-order chi connectivity index (χ0) is 14.0. The second kappa shape index (κ2) is 5.82. The zero-order valence-corrected chi connectivity index (χ0v) is 12.8. The predicted molar refractivity (Wildman–Crippen MR) is 78.6 cm³/mol. The van der Waals surface area contributed by atoms with Gasteiger partial charge in [-0.1, -0.05) is 33.6 Å². The Morgan fingerprint density at radius 2 is 2.05 bits per heavy atom. The van der Waals surface area contributed by atoms with Gasteiger partial charge < -0.3 is 10.6 Å². The third kappa shape index (κ3) is 3.13. The maximum atomic E-state index is 12.8. The molecule has 3 heteroatoms. The van der Waals surface area contributed by atoms with Gasteiger partial charge in [0.2, 0.25) is 5.91 Å². The van der Waals surface area contributed by atoms with Crippen molar-refractivity contribution in [2.75, 3.05) is 19.6 Å². The number of rotatable bonds is 2. The van der Waals surface area contributed by atoms with E-state index in [-0.39, 0.29) is 11.3 Å².